The Kier molecular flexibility index (Phi) is 4.91. The summed E-state index contributed by atoms with van der Waals surface area (Å²) in [6.45, 7) is 0.609. The highest BCUT2D eigenvalue weighted by Gasteiger charge is 2.10. The lowest BCUT2D eigenvalue weighted by Crippen LogP contribution is -2.16. The van der Waals surface area contributed by atoms with Gasteiger partial charge in [-0.2, -0.15) is 5.10 Å². The van der Waals surface area contributed by atoms with Crippen LogP contribution in [0.15, 0.2) is 67.0 Å². The van der Waals surface area contributed by atoms with Crippen LogP contribution in [0.4, 0.5) is 5.69 Å². The molecule has 5 nitrogen and oxygen atoms in total. The van der Waals surface area contributed by atoms with Gasteiger partial charge in [-0.3, -0.25) is 9.48 Å². The van der Waals surface area contributed by atoms with E-state index in [2.05, 4.69) is 10.4 Å². The second-order valence-corrected chi connectivity index (χ2v) is 5.40. The number of rotatable bonds is 6. The lowest BCUT2D eigenvalue weighted by Gasteiger charge is -2.12. The van der Waals surface area contributed by atoms with Crippen molar-refractivity contribution in [1.82, 2.24) is 9.78 Å². The summed E-state index contributed by atoms with van der Waals surface area (Å²) in [4.78, 5) is 12.4. The SMILES string of the molecule is COc1ccccc1CC(=O)Nc1ccccc1Cn1cccn1. The highest BCUT2D eigenvalue weighted by molar-refractivity contribution is 5.93. The van der Waals surface area contributed by atoms with Gasteiger partial charge in [0.1, 0.15) is 5.75 Å². The zero-order chi connectivity index (χ0) is 16.8. The molecule has 3 aromatic rings. The van der Waals surface area contributed by atoms with Gasteiger partial charge >= 0.3 is 0 Å². The van der Waals surface area contributed by atoms with Crippen molar-refractivity contribution in [3.8, 4) is 5.75 Å². The lowest BCUT2D eigenvalue weighted by atomic mass is 10.1. The maximum atomic E-state index is 12.4. The molecule has 0 spiro atoms. The van der Waals surface area contributed by atoms with Crippen LogP contribution in [0.5, 0.6) is 5.75 Å². The highest BCUT2D eigenvalue weighted by atomic mass is 16.5. The van der Waals surface area contributed by atoms with Crippen LogP contribution in [0, 0.1) is 0 Å². The fourth-order valence-corrected chi connectivity index (χ4v) is 2.57. The molecule has 0 unspecified atom stereocenters. The third kappa shape index (κ3) is 3.81. The lowest BCUT2D eigenvalue weighted by molar-refractivity contribution is -0.115. The van der Waals surface area contributed by atoms with E-state index in [1.807, 2.05) is 65.5 Å². The van der Waals surface area contributed by atoms with Crippen molar-refractivity contribution < 1.29 is 9.53 Å². The van der Waals surface area contributed by atoms with Crippen LogP contribution in [-0.4, -0.2) is 22.8 Å². The zero-order valence-electron chi connectivity index (χ0n) is 13.5. The maximum absolute atomic E-state index is 12.4. The van der Waals surface area contributed by atoms with Gasteiger partial charge in [-0.05, 0) is 23.8 Å². The topological polar surface area (TPSA) is 56.1 Å². The molecule has 5 heteroatoms. The number of hydrogen-bond donors (Lipinski definition) is 1. The van der Waals surface area contributed by atoms with E-state index in [0.29, 0.717) is 6.54 Å². The minimum atomic E-state index is -0.0765. The number of benzene rings is 2. The molecule has 0 aliphatic rings. The molecule has 0 aliphatic heterocycles. The Morgan fingerprint density at radius 1 is 1.08 bits per heavy atom. The molecule has 3 rings (SSSR count). The number of ether oxygens (including phenoxy) is 1. The van der Waals surface area contributed by atoms with Crippen molar-refractivity contribution in [2.45, 2.75) is 13.0 Å². The number of para-hydroxylation sites is 2. The smallest absolute Gasteiger partial charge is 0.228 e. The number of nitrogens with zero attached hydrogens (tertiary/aromatic N) is 2. The van der Waals surface area contributed by atoms with Crippen LogP contribution in [0.2, 0.25) is 0 Å². The van der Waals surface area contributed by atoms with E-state index in [4.69, 9.17) is 4.74 Å². The minimum absolute atomic E-state index is 0.0765. The Labute approximate surface area is 140 Å². The second-order valence-electron chi connectivity index (χ2n) is 5.40. The molecule has 1 aromatic heterocycles. The monoisotopic (exact) mass is 321 g/mol. The Hall–Kier alpha value is -3.08. The molecule has 24 heavy (non-hydrogen) atoms. The molecule has 0 aliphatic carbocycles. The molecule has 122 valence electrons. The summed E-state index contributed by atoms with van der Waals surface area (Å²) in [5.74, 6) is 0.643. The molecule has 0 saturated carbocycles. The summed E-state index contributed by atoms with van der Waals surface area (Å²) in [5.41, 5.74) is 2.67. The predicted octanol–water partition coefficient (Wildman–Crippen LogP) is 3.12. The van der Waals surface area contributed by atoms with Crippen molar-refractivity contribution in [3.05, 3.63) is 78.1 Å². The summed E-state index contributed by atoms with van der Waals surface area (Å²) in [7, 11) is 1.61. The summed E-state index contributed by atoms with van der Waals surface area (Å²) in [6.07, 6.45) is 3.90. The second kappa shape index (κ2) is 7.46. The van der Waals surface area contributed by atoms with Crippen molar-refractivity contribution in [2.75, 3.05) is 12.4 Å². The van der Waals surface area contributed by atoms with Gasteiger partial charge in [-0.15, -0.1) is 0 Å². The summed E-state index contributed by atoms with van der Waals surface area (Å²) in [5, 5.41) is 7.20. The molecule has 1 N–H and O–H groups in total. The normalized spacial score (nSPS) is 10.4. The van der Waals surface area contributed by atoms with Crippen LogP contribution in [-0.2, 0) is 17.8 Å². The molecule has 0 atom stereocenters. The molecule has 0 radical (unpaired) electrons. The van der Waals surface area contributed by atoms with Gasteiger partial charge in [-0.25, -0.2) is 0 Å². The van der Waals surface area contributed by atoms with Gasteiger partial charge < -0.3 is 10.1 Å². The summed E-state index contributed by atoms with van der Waals surface area (Å²) in [6, 6.07) is 17.2. The van der Waals surface area contributed by atoms with Crippen molar-refractivity contribution in [1.29, 1.82) is 0 Å². The number of aromatic nitrogens is 2. The number of amides is 1. The number of carbonyl (C=O) groups excluding carboxylic acids is 1. The van der Waals surface area contributed by atoms with Crippen LogP contribution < -0.4 is 10.1 Å². The molecule has 1 amide bonds. The minimum Gasteiger partial charge on any atom is -0.496 e. The molecule has 0 fully saturated rings. The Balaban J connectivity index is 1.72. The van der Waals surface area contributed by atoms with Gasteiger partial charge in [0.15, 0.2) is 0 Å². The van der Waals surface area contributed by atoms with Crippen LogP contribution >= 0.6 is 0 Å². The average molecular weight is 321 g/mol. The van der Waals surface area contributed by atoms with Gasteiger partial charge in [-0.1, -0.05) is 36.4 Å². The number of carbonyl (C=O) groups is 1. The first kappa shape index (κ1) is 15.8. The van der Waals surface area contributed by atoms with Gasteiger partial charge in [0, 0.05) is 23.6 Å². The Morgan fingerprint density at radius 2 is 1.83 bits per heavy atom. The zero-order valence-corrected chi connectivity index (χ0v) is 13.5. The van der Waals surface area contributed by atoms with E-state index in [0.717, 1.165) is 22.6 Å². The molecule has 1 heterocycles. The largest absolute Gasteiger partial charge is 0.496 e. The predicted molar refractivity (Wildman–Crippen MR) is 93.1 cm³/mol. The summed E-state index contributed by atoms with van der Waals surface area (Å²) >= 11 is 0. The van der Waals surface area contributed by atoms with Crippen LogP contribution in [0.1, 0.15) is 11.1 Å². The first-order valence-corrected chi connectivity index (χ1v) is 7.73. The quantitative estimate of drug-likeness (QED) is 0.759. The van der Waals surface area contributed by atoms with E-state index in [1.54, 1.807) is 13.3 Å². The molecular weight excluding hydrogens is 302 g/mol. The van der Waals surface area contributed by atoms with Crippen molar-refractivity contribution >= 4 is 11.6 Å². The molecular formula is C19H19N3O2. The third-order valence-corrected chi connectivity index (χ3v) is 3.73. The molecule has 2 aromatic carbocycles. The van der Waals surface area contributed by atoms with E-state index in [9.17, 15) is 4.79 Å². The highest BCUT2D eigenvalue weighted by Crippen LogP contribution is 2.20. The van der Waals surface area contributed by atoms with E-state index in [-0.39, 0.29) is 12.3 Å². The van der Waals surface area contributed by atoms with Crippen LogP contribution in [0.25, 0.3) is 0 Å². The summed E-state index contributed by atoms with van der Waals surface area (Å²) < 4.78 is 7.12. The fourth-order valence-electron chi connectivity index (χ4n) is 2.57. The first-order chi connectivity index (χ1) is 11.8. The standard InChI is InChI=1S/C19H19N3O2/c1-24-18-10-5-3-7-15(18)13-19(23)21-17-9-4-2-8-16(17)14-22-12-6-11-20-22/h2-12H,13-14H2,1H3,(H,21,23). The maximum Gasteiger partial charge on any atom is 0.228 e. The third-order valence-electron chi connectivity index (χ3n) is 3.73. The van der Waals surface area contributed by atoms with Gasteiger partial charge in [0.2, 0.25) is 5.91 Å². The Bertz CT molecular complexity index is 813. The first-order valence-electron chi connectivity index (χ1n) is 7.73. The fraction of sp³-hybridized carbons (Fsp3) is 0.158. The number of methoxy groups -OCH3 is 1. The van der Waals surface area contributed by atoms with Crippen LogP contribution in [0.3, 0.4) is 0 Å². The Morgan fingerprint density at radius 3 is 2.58 bits per heavy atom. The number of anilines is 1. The number of nitrogens with one attached hydrogen (secondary N) is 1. The van der Waals surface area contributed by atoms with Crippen molar-refractivity contribution in [2.24, 2.45) is 0 Å². The van der Waals surface area contributed by atoms with Crippen molar-refractivity contribution in [3.63, 3.8) is 0 Å². The van der Waals surface area contributed by atoms with E-state index in [1.165, 1.54) is 0 Å². The number of hydrogen-bond acceptors (Lipinski definition) is 3. The van der Waals surface area contributed by atoms with E-state index >= 15 is 0 Å². The van der Waals surface area contributed by atoms with E-state index < -0.39 is 0 Å². The van der Waals surface area contributed by atoms with Gasteiger partial charge in [0.05, 0.1) is 20.1 Å². The molecule has 0 bridgehead atoms. The molecule has 0 saturated heterocycles. The average Bonchev–Trinajstić information content (AvgIpc) is 3.10. The van der Waals surface area contributed by atoms with Gasteiger partial charge in [0.25, 0.3) is 0 Å².